The van der Waals surface area contributed by atoms with E-state index < -0.39 is 0 Å². The van der Waals surface area contributed by atoms with E-state index in [1.54, 1.807) is 19.1 Å². The number of amides is 1. The number of carbonyl (C=O) groups excluding carboxylic acids is 1. The largest absolute Gasteiger partial charge is 0.317 e. The van der Waals surface area contributed by atoms with Crippen LogP contribution in [-0.2, 0) is 4.79 Å². The molecule has 0 spiro atoms. The molecule has 0 bridgehead atoms. The smallest absolute Gasteiger partial charge is 0.224 e. The van der Waals surface area contributed by atoms with Crippen molar-refractivity contribution in [2.24, 2.45) is 0 Å². The Bertz CT molecular complexity index is 445. The van der Waals surface area contributed by atoms with E-state index in [9.17, 15) is 4.79 Å². The van der Waals surface area contributed by atoms with Gasteiger partial charge in [0.05, 0.1) is 10.0 Å². The van der Waals surface area contributed by atoms with E-state index in [1.807, 2.05) is 11.0 Å². The first-order chi connectivity index (χ1) is 8.59. The van der Waals surface area contributed by atoms with E-state index in [0.29, 0.717) is 10.0 Å². The van der Waals surface area contributed by atoms with Crippen molar-refractivity contribution in [3.05, 3.63) is 28.2 Å². The third-order valence-electron chi connectivity index (χ3n) is 3.19. The van der Waals surface area contributed by atoms with Crippen LogP contribution in [0.15, 0.2) is 18.2 Å². The van der Waals surface area contributed by atoms with Gasteiger partial charge < -0.3 is 10.2 Å². The Balaban J connectivity index is 2.28. The molecule has 0 saturated carbocycles. The van der Waals surface area contributed by atoms with Gasteiger partial charge in [-0.25, -0.2) is 0 Å². The summed E-state index contributed by atoms with van der Waals surface area (Å²) in [5, 5.41) is 4.28. The molecule has 3 nitrogen and oxygen atoms in total. The zero-order valence-corrected chi connectivity index (χ0v) is 11.8. The summed E-state index contributed by atoms with van der Waals surface area (Å²) in [6, 6.07) is 5.57. The van der Waals surface area contributed by atoms with Crippen LogP contribution in [0.1, 0.15) is 19.8 Å². The number of piperidine rings is 1. The van der Waals surface area contributed by atoms with Crippen molar-refractivity contribution in [2.45, 2.75) is 25.8 Å². The van der Waals surface area contributed by atoms with Gasteiger partial charge in [-0.05, 0) is 44.1 Å². The SMILES string of the molecule is CC(=O)N(c1ccc(Cl)c(Cl)c1)C1CCNCC1. The monoisotopic (exact) mass is 286 g/mol. The lowest BCUT2D eigenvalue weighted by Crippen LogP contribution is -2.45. The maximum atomic E-state index is 11.9. The molecule has 98 valence electrons. The first kappa shape index (κ1) is 13.7. The zero-order chi connectivity index (χ0) is 13.1. The first-order valence-electron chi connectivity index (χ1n) is 6.05. The van der Waals surface area contributed by atoms with E-state index in [4.69, 9.17) is 23.2 Å². The number of nitrogens with zero attached hydrogens (tertiary/aromatic N) is 1. The van der Waals surface area contributed by atoms with Crippen LogP contribution in [0.2, 0.25) is 10.0 Å². The van der Waals surface area contributed by atoms with E-state index in [1.165, 1.54) is 0 Å². The summed E-state index contributed by atoms with van der Waals surface area (Å²) in [5.74, 6) is 0.0419. The van der Waals surface area contributed by atoms with Gasteiger partial charge in [0, 0.05) is 18.7 Å². The minimum absolute atomic E-state index is 0.0419. The molecule has 0 atom stereocenters. The number of nitrogens with one attached hydrogen (secondary N) is 1. The van der Waals surface area contributed by atoms with Crippen molar-refractivity contribution in [3.8, 4) is 0 Å². The minimum atomic E-state index is 0.0419. The number of carbonyl (C=O) groups is 1. The molecular formula is C13H16Cl2N2O. The van der Waals surface area contributed by atoms with Crippen LogP contribution in [-0.4, -0.2) is 25.0 Å². The van der Waals surface area contributed by atoms with Crippen molar-refractivity contribution in [3.63, 3.8) is 0 Å². The fraction of sp³-hybridized carbons (Fsp3) is 0.462. The Kier molecular flexibility index (Phi) is 4.49. The van der Waals surface area contributed by atoms with Crippen molar-refractivity contribution in [1.82, 2.24) is 5.32 Å². The highest BCUT2D eigenvalue weighted by molar-refractivity contribution is 6.42. The molecule has 1 aliphatic heterocycles. The second kappa shape index (κ2) is 5.91. The molecule has 5 heteroatoms. The van der Waals surface area contributed by atoms with Crippen LogP contribution in [0.3, 0.4) is 0 Å². The maximum Gasteiger partial charge on any atom is 0.224 e. The molecule has 0 radical (unpaired) electrons. The van der Waals surface area contributed by atoms with Crippen LogP contribution in [0, 0.1) is 0 Å². The molecule has 0 unspecified atom stereocenters. The fourth-order valence-electron chi connectivity index (χ4n) is 2.35. The van der Waals surface area contributed by atoms with Gasteiger partial charge in [0.1, 0.15) is 0 Å². The van der Waals surface area contributed by atoms with Gasteiger partial charge in [0.25, 0.3) is 0 Å². The Labute approximate surface area is 117 Å². The quantitative estimate of drug-likeness (QED) is 0.906. The van der Waals surface area contributed by atoms with Crippen LogP contribution in [0.25, 0.3) is 0 Å². The van der Waals surface area contributed by atoms with Gasteiger partial charge in [0.15, 0.2) is 0 Å². The highest BCUT2D eigenvalue weighted by atomic mass is 35.5. The Hall–Kier alpha value is -0.770. The molecule has 1 amide bonds. The van der Waals surface area contributed by atoms with Gasteiger partial charge >= 0.3 is 0 Å². The Morgan fingerprint density at radius 3 is 2.50 bits per heavy atom. The maximum absolute atomic E-state index is 11.9. The van der Waals surface area contributed by atoms with Crippen molar-refractivity contribution in [2.75, 3.05) is 18.0 Å². The minimum Gasteiger partial charge on any atom is -0.317 e. The van der Waals surface area contributed by atoms with Crippen LogP contribution >= 0.6 is 23.2 Å². The molecule has 1 N–H and O–H groups in total. The lowest BCUT2D eigenvalue weighted by molar-refractivity contribution is -0.117. The molecule has 1 aliphatic rings. The van der Waals surface area contributed by atoms with Gasteiger partial charge in [-0.15, -0.1) is 0 Å². The molecule has 18 heavy (non-hydrogen) atoms. The summed E-state index contributed by atoms with van der Waals surface area (Å²) in [6.07, 6.45) is 1.92. The summed E-state index contributed by atoms with van der Waals surface area (Å²) in [4.78, 5) is 13.7. The number of benzene rings is 1. The summed E-state index contributed by atoms with van der Waals surface area (Å²) in [7, 11) is 0. The van der Waals surface area contributed by atoms with E-state index in [-0.39, 0.29) is 11.9 Å². The number of hydrogen-bond acceptors (Lipinski definition) is 2. The average Bonchev–Trinajstić information content (AvgIpc) is 2.35. The topological polar surface area (TPSA) is 32.3 Å². The van der Waals surface area contributed by atoms with Gasteiger partial charge in [-0.1, -0.05) is 23.2 Å². The predicted octanol–water partition coefficient (Wildman–Crippen LogP) is 3.10. The van der Waals surface area contributed by atoms with Gasteiger partial charge in [-0.3, -0.25) is 4.79 Å². The molecule has 0 aromatic heterocycles. The molecule has 0 aliphatic carbocycles. The van der Waals surface area contributed by atoms with Crippen molar-refractivity contribution >= 4 is 34.8 Å². The van der Waals surface area contributed by atoms with Crippen molar-refractivity contribution in [1.29, 1.82) is 0 Å². The normalized spacial score (nSPS) is 16.6. The Morgan fingerprint density at radius 1 is 1.28 bits per heavy atom. The van der Waals surface area contributed by atoms with Crippen molar-refractivity contribution < 1.29 is 4.79 Å². The highest BCUT2D eigenvalue weighted by Crippen LogP contribution is 2.29. The third kappa shape index (κ3) is 2.97. The van der Waals surface area contributed by atoms with E-state index in [0.717, 1.165) is 31.6 Å². The number of hydrogen-bond donors (Lipinski definition) is 1. The standard InChI is InChI=1S/C13H16Cl2N2O/c1-9(18)17(10-4-6-16-7-5-10)11-2-3-12(14)13(15)8-11/h2-3,8,10,16H,4-7H2,1H3. The highest BCUT2D eigenvalue weighted by Gasteiger charge is 2.24. The van der Waals surface area contributed by atoms with Gasteiger partial charge in [0.2, 0.25) is 5.91 Å². The third-order valence-corrected chi connectivity index (χ3v) is 3.93. The van der Waals surface area contributed by atoms with E-state index in [2.05, 4.69) is 5.32 Å². The molecule has 1 aromatic carbocycles. The Morgan fingerprint density at radius 2 is 1.94 bits per heavy atom. The average molecular weight is 287 g/mol. The molecule has 1 aromatic rings. The molecule has 1 fully saturated rings. The van der Waals surface area contributed by atoms with Gasteiger partial charge in [-0.2, -0.15) is 0 Å². The summed E-state index contributed by atoms with van der Waals surface area (Å²) >= 11 is 11.9. The molecule has 2 rings (SSSR count). The van der Waals surface area contributed by atoms with E-state index >= 15 is 0 Å². The number of halogens is 2. The molecule has 1 heterocycles. The van der Waals surface area contributed by atoms with Crippen LogP contribution in [0.5, 0.6) is 0 Å². The van der Waals surface area contributed by atoms with Crippen LogP contribution < -0.4 is 10.2 Å². The molecular weight excluding hydrogens is 271 g/mol. The number of rotatable bonds is 2. The van der Waals surface area contributed by atoms with Crippen LogP contribution in [0.4, 0.5) is 5.69 Å². The predicted molar refractivity (Wildman–Crippen MR) is 75.5 cm³/mol. The summed E-state index contributed by atoms with van der Waals surface area (Å²) in [5.41, 5.74) is 0.823. The molecule has 1 saturated heterocycles. The first-order valence-corrected chi connectivity index (χ1v) is 6.81. The zero-order valence-electron chi connectivity index (χ0n) is 10.2. The lowest BCUT2D eigenvalue weighted by Gasteiger charge is -2.34. The second-order valence-corrected chi connectivity index (χ2v) is 5.28. The number of anilines is 1. The lowest BCUT2D eigenvalue weighted by atomic mass is 10.0. The summed E-state index contributed by atoms with van der Waals surface area (Å²) in [6.45, 7) is 3.47. The fourth-order valence-corrected chi connectivity index (χ4v) is 2.64. The summed E-state index contributed by atoms with van der Waals surface area (Å²) < 4.78 is 0. The second-order valence-electron chi connectivity index (χ2n) is 4.47.